The topological polar surface area (TPSA) is 40.0 Å². The smallest absolute Gasteiger partial charge is 0.331 e. The molecule has 1 heterocycles. The van der Waals surface area contributed by atoms with Crippen molar-refractivity contribution in [1.29, 1.82) is 0 Å². The molecule has 0 aromatic heterocycles. The number of piperidine rings is 1. The Morgan fingerprint density at radius 2 is 2.20 bits per heavy atom. The number of nitrogens with one attached hydrogen (secondary N) is 1. The number of rotatable bonds is 4. The molecule has 0 aliphatic carbocycles. The maximum Gasteiger partial charge on any atom is 0.331 e. The Bertz CT molecular complexity index is 484. The number of likely N-dealkylation sites (tertiary alicyclic amines) is 1. The average molecular weight is 276 g/mol. The highest BCUT2D eigenvalue weighted by molar-refractivity contribution is 5.87. The predicted octanol–water partition coefficient (Wildman–Crippen LogP) is 0.929. The Hall–Kier alpha value is -1.81. The van der Waals surface area contributed by atoms with Crippen molar-refractivity contribution in [3.05, 3.63) is 35.9 Å². The van der Waals surface area contributed by atoms with Gasteiger partial charge in [-0.2, -0.15) is 0 Å². The van der Waals surface area contributed by atoms with Crippen molar-refractivity contribution < 1.29 is 19.2 Å². The molecule has 1 fully saturated rings. The lowest BCUT2D eigenvalue weighted by Gasteiger charge is -2.26. The number of carbonyl (C=O) groups is 1. The van der Waals surface area contributed by atoms with Gasteiger partial charge in [0.1, 0.15) is 12.3 Å². The second-order valence-electron chi connectivity index (χ2n) is 5.19. The highest BCUT2D eigenvalue weighted by Crippen LogP contribution is 2.18. The van der Waals surface area contributed by atoms with E-state index < -0.39 is 0 Å². The van der Waals surface area contributed by atoms with E-state index in [1.54, 1.807) is 13.2 Å². The summed E-state index contributed by atoms with van der Waals surface area (Å²) in [7, 11) is 3.75. The zero-order valence-electron chi connectivity index (χ0n) is 12.1. The van der Waals surface area contributed by atoms with Gasteiger partial charge in [0.15, 0.2) is 6.10 Å². The number of likely N-dealkylation sites (N-methyl/N-ethyl adjacent to an activating group) is 1. The van der Waals surface area contributed by atoms with Crippen LogP contribution in [-0.4, -0.2) is 39.3 Å². The molecule has 0 bridgehead atoms. The molecule has 0 radical (unpaired) electrons. The number of esters is 1. The van der Waals surface area contributed by atoms with Crippen LogP contribution in [0.3, 0.4) is 0 Å². The van der Waals surface area contributed by atoms with Gasteiger partial charge in [-0.05, 0) is 18.6 Å². The summed E-state index contributed by atoms with van der Waals surface area (Å²) in [6.45, 7) is 2.05. The van der Waals surface area contributed by atoms with Crippen LogP contribution in [0.4, 0.5) is 0 Å². The maximum atomic E-state index is 11.8. The molecule has 1 aromatic rings. The number of hydrogen-bond acceptors (Lipinski definition) is 3. The zero-order valence-corrected chi connectivity index (χ0v) is 12.1. The number of ether oxygens (including phenoxy) is 2. The van der Waals surface area contributed by atoms with Crippen LogP contribution in [0.1, 0.15) is 18.4 Å². The molecule has 0 amide bonds. The van der Waals surface area contributed by atoms with Gasteiger partial charge in [-0.3, -0.25) is 0 Å². The summed E-state index contributed by atoms with van der Waals surface area (Å²) in [6.07, 6.45) is 5.33. The van der Waals surface area contributed by atoms with E-state index in [0.29, 0.717) is 0 Å². The molecular formula is C16H22NO3+. The molecule has 4 heteroatoms. The van der Waals surface area contributed by atoms with E-state index in [2.05, 4.69) is 7.05 Å². The van der Waals surface area contributed by atoms with Gasteiger partial charge in [-0.25, -0.2) is 4.79 Å². The first-order chi connectivity index (χ1) is 9.69. The molecule has 20 heavy (non-hydrogen) atoms. The van der Waals surface area contributed by atoms with Crippen LogP contribution in [0.25, 0.3) is 6.08 Å². The molecule has 1 saturated heterocycles. The molecular weight excluding hydrogens is 254 g/mol. The van der Waals surface area contributed by atoms with Crippen LogP contribution < -0.4 is 9.64 Å². The van der Waals surface area contributed by atoms with Gasteiger partial charge in [0.25, 0.3) is 0 Å². The standard InChI is InChI=1S/C16H21NO3/c1-17-11-5-7-14(12-17)20-16(18)10-9-13-6-3-4-8-15(13)19-2/h3-4,6,8-10,14H,5,7,11-12H2,1-2H3/p+1/b10-9+/t14-/m1/s1. The molecule has 2 atom stereocenters. The van der Waals surface area contributed by atoms with Crippen molar-refractivity contribution in [1.82, 2.24) is 0 Å². The first kappa shape index (κ1) is 14.6. The highest BCUT2D eigenvalue weighted by Gasteiger charge is 2.22. The van der Waals surface area contributed by atoms with E-state index in [9.17, 15) is 4.79 Å². The predicted molar refractivity (Wildman–Crippen MR) is 77.8 cm³/mol. The second-order valence-corrected chi connectivity index (χ2v) is 5.19. The summed E-state index contributed by atoms with van der Waals surface area (Å²) in [5, 5.41) is 0. The van der Waals surface area contributed by atoms with E-state index in [1.807, 2.05) is 24.3 Å². The minimum absolute atomic E-state index is 0.0403. The summed E-state index contributed by atoms with van der Waals surface area (Å²) in [4.78, 5) is 13.3. The van der Waals surface area contributed by atoms with Crippen LogP contribution in [0, 0.1) is 0 Å². The third-order valence-corrected chi connectivity index (χ3v) is 3.53. The van der Waals surface area contributed by atoms with Crippen molar-refractivity contribution in [3.8, 4) is 5.75 Å². The van der Waals surface area contributed by atoms with Crippen molar-refractivity contribution in [2.75, 3.05) is 27.2 Å². The van der Waals surface area contributed by atoms with Gasteiger partial charge < -0.3 is 14.4 Å². The van der Waals surface area contributed by atoms with Gasteiger partial charge in [0, 0.05) is 18.1 Å². The SMILES string of the molecule is COc1ccccc1/C=C/C(=O)O[C@@H]1CCC[NH+](C)C1. The van der Waals surface area contributed by atoms with E-state index >= 15 is 0 Å². The van der Waals surface area contributed by atoms with Crippen LogP contribution in [0.5, 0.6) is 5.75 Å². The Kier molecular flexibility index (Phi) is 5.18. The number of methoxy groups -OCH3 is 1. The van der Waals surface area contributed by atoms with E-state index in [1.165, 1.54) is 11.0 Å². The molecule has 0 saturated carbocycles. The number of quaternary nitrogens is 1. The van der Waals surface area contributed by atoms with Crippen molar-refractivity contribution in [3.63, 3.8) is 0 Å². The molecule has 1 N–H and O–H groups in total. The largest absolute Gasteiger partial charge is 0.496 e. The van der Waals surface area contributed by atoms with Crippen LogP contribution >= 0.6 is 0 Å². The third kappa shape index (κ3) is 4.10. The van der Waals surface area contributed by atoms with E-state index in [4.69, 9.17) is 9.47 Å². The molecule has 4 nitrogen and oxygen atoms in total. The van der Waals surface area contributed by atoms with Crippen molar-refractivity contribution in [2.24, 2.45) is 0 Å². The summed E-state index contributed by atoms with van der Waals surface area (Å²) < 4.78 is 10.7. The number of para-hydroxylation sites is 1. The van der Waals surface area contributed by atoms with Gasteiger partial charge in [0.05, 0.1) is 20.7 Å². The van der Waals surface area contributed by atoms with Crippen LogP contribution in [0.15, 0.2) is 30.3 Å². The normalized spacial score (nSPS) is 22.7. The van der Waals surface area contributed by atoms with Crippen molar-refractivity contribution in [2.45, 2.75) is 18.9 Å². The molecule has 1 aliphatic rings. The fourth-order valence-corrected chi connectivity index (χ4v) is 2.49. The quantitative estimate of drug-likeness (QED) is 0.657. The van der Waals surface area contributed by atoms with Gasteiger partial charge >= 0.3 is 5.97 Å². The summed E-state index contributed by atoms with van der Waals surface area (Å²) >= 11 is 0. The number of carbonyl (C=O) groups excluding carboxylic acids is 1. The Morgan fingerprint density at radius 3 is 2.95 bits per heavy atom. The Labute approximate surface area is 120 Å². The summed E-state index contributed by atoms with van der Waals surface area (Å²) in [6, 6.07) is 7.58. The molecule has 1 unspecified atom stereocenters. The number of hydrogen-bond donors (Lipinski definition) is 1. The Morgan fingerprint density at radius 1 is 1.40 bits per heavy atom. The first-order valence-corrected chi connectivity index (χ1v) is 7.02. The second kappa shape index (κ2) is 7.10. The minimum Gasteiger partial charge on any atom is -0.496 e. The minimum atomic E-state index is -0.282. The molecule has 1 aliphatic heterocycles. The molecule has 2 rings (SSSR count). The maximum absolute atomic E-state index is 11.8. The first-order valence-electron chi connectivity index (χ1n) is 7.02. The lowest BCUT2D eigenvalue weighted by molar-refractivity contribution is -0.888. The van der Waals surface area contributed by atoms with E-state index in [-0.39, 0.29) is 12.1 Å². The van der Waals surface area contributed by atoms with Gasteiger partial charge in [-0.1, -0.05) is 18.2 Å². The third-order valence-electron chi connectivity index (χ3n) is 3.53. The summed E-state index contributed by atoms with van der Waals surface area (Å²) in [5.41, 5.74) is 0.873. The highest BCUT2D eigenvalue weighted by atomic mass is 16.5. The Balaban J connectivity index is 1.92. The molecule has 0 spiro atoms. The zero-order chi connectivity index (χ0) is 14.4. The fourth-order valence-electron chi connectivity index (χ4n) is 2.49. The summed E-state index contributed by atoms with van der Waals surface area (Å²) in [5.74, 6) is 0.467. The van der Waals surface area contributed by atoms with E-state index in [0.717, 1.165) is 37.2 Å². The lowest BCUT2D eigenvalue weighted by atomic mass is 10.1. The average Bonchev–Trinajstić information content (AvgIpc) is 2.45. The monoisotopic (exact) mass is 276 g/mol. The van der Waals surface area contributed by atoms with Crippen molar-refractivity contribution >= 4 is 12.0 Å². The lowest BCUT2D eigenvalue weighted by Crippen LogP contribution is -3.11. The molecule has 1 aromatic carbocycles. The van der Waals surface area contributed by atoms with Gasteiger partial charge in [-0.15, -0.1) is 0 Å². The molecule has 108 valence electrons. The fraction of sp³-hybridized carbons (Fsp3) is 0.438. The van der Waals surface area contributed by atoms with Crippen LogP contribution in [-0.2, 0) is 9.53 Å². The van der Waals surface area contributed by atoms with Gasteiger partial charge in [0.2, 0.25) is 0 Å². The number of benzene rings is 1. The van der Waals surface area contributed by atoms with Crippen LogP contribution in [0.2, 0.25) is 0 Å².